The van der Waals surface area contributed by atoms with Gasteiger partial charge in [0.2, 0.25) is 5.91 Å². The maximum atomic E-state index is 12.7. The topological polar surface area (TPSA) is 49.4 Å². The molecule has 0 unspecified atom stereocenters. The van der Waals surface area contributed by atoms with E-state index in [2.05, 4.69) is 5.32 Å². The molecule has 108 valence electrons. The third-order valence-electron chi connectivity index (χ3n) is 3.54. The summed E-state index contributed by atoms with van der Waals surface area (Å²) in [5, 5.41) is 4.73. The van der Waals surface area contributed by atoms with Gasteiger partial charge in [-0.25, -0.2) is 0 Å². The number of carbonyl (C=O) groups excluding carboxylic acids is 2. The second-order valence-electron chi connectivity index (χ2n) is 4.92. The molecule has 0 spiro atoms. The van der Waals surface area contributed by atoms with Gasteiger partial charge in [0.05, 0.1) is 4.88 Å². The van der Waals surface area contributed by atoms with E-state index in [-0.39, 0.29) is 11.8 Å². The van der Waals surface area contributed by atoms with Crippen LogP contribution in [0.3, 0.4) is 0 Å². The van der Waals surface area contributed by atoms with Gasteiger partial charge in [-0.05, 0) is 17.0 Å². The maximum absolute atomic E-state index is 12.7. The van der Waals surface area contributed by atoms with E-state index in [1.54, 1.807) is 4.90 Å². The molecule has 1 aromatic heterocycles. The quantitative estimate of drug-likeness (QED) is 0.925. The van der Waals surface area contributed by atoms with Crippen molar-refractivity contribution in [3.8, 4) is 11.1 Å². The number of hydrogen-bond acceptors (Lipinski definition) is 3. The zero-order chi connectivity index (χ0) is 14.7. The molecule has 5 heteroatoms. The van der Waals surface area contributed by atoms with Crippen LogP contribution in [0.25, 0.3) is 11.1 Å². The standard InChI is InChI=1S/C16H16N2O2S/c19-14-6-9-18(10-8-17-14)16(20)15-13(7-11-21-15)12-4-2-1-3-5-12/h1-5,7,11H,6,8-10H2,(H,17,19). The summed E-state index contributed by atoms with van der Waals surface area (Å²) >= 11 is 1.46. The molecule has 1 aromatic carbocycles. The second kappa shape index (κ2) is 6.10. The normalized spacial score (nSPS) is 15.4. The molecule has 0 bridgehead atoms. The lowest BCUT2D eigenvalue weighted by molar-refractivity contribution is -0.120. The monoisotopic (exact) mass is 300 g/mol. The highest BCUT2D eigenvalue weighted by Gasteiger charge is 2.23. The van der Waals surface area contributed by atoms with Crippen LogP contribution in [-0.4, -0.2) is 36.3 Å². The van der Waals surface area contributed by atoms with Crippen molar-refractivity contribution in [2.45, 2.75) is 6.42 Å². The number of carbonyl (C=O) groups is 2. The van der Waals surface area contributed by atoms with Crippen molar-refractivity contribution in [2.75, 3.05) is 19.6 Å². The molecule has 3 rings (SSSR count). The Labute approximate surface area is 127 Å². The minimum atomic E-state index is 0.0137. The fraction of sp³-hybridized carbons (Fsp3) is 0.250. The Kier molecular flexibility index (Phi) is 4.01. The summed E-state index contributed by atoms with van der Waals surface area (Å²) in [6.07, 6.45) is 0.373. The average molecular weight is 300 g/mol. The Balaban J connectivity index is 1.86. The van der Waals surface area contributed by atoms with E-state index in [0.717, 1.165) is 16.0 Å². The van der Waals surface area contributed by atoms with Crippen LogP contribution < -0.4 is 5.32 Å². The summed E-state index contributed by atoms with van der Waals surface area (Å²) in [4.78, 5) is 26.6. The number of rotatable bonds is 2. The maximum Gasteiger partial charge on any atom is 0.264 e. The minimum absolute atomic E-state index is 0.0137. The van der Waals surface area contributed by atoms with Gasteiger partial charge in [-0.2, -0.15) is 0 Å². The van der Waals surface area contributed by atoms with Crippen LogP contribution in [0, 0.1) is 0 Å². The molecule has 1 aliphatic heterocycles. The van der Waals surface area contributed by atoms with Gasteiger partial charge in [0.25, 0.3) is 5.91 Å². The van der Waals surface area contributed by atoms with E-state index in [4.69, 9.17) is 0 Å². The van der Waals surface area contributed by atoms with Crippen LogP contribution in [-0.2, 0) is 4.79 Å². The van der Waals surface area contributed by atoms with Crippen molar-refractivity contribution in [3.05, 3.63) is 46.7 Å². The van der Waals surface area contributed by atoms with Gasteiger partial charge in [-0.3, -0.25) is 9.59 Å². The zero-order valence-corrected chi connectivity index (χ0v) is 12.4. The highest BCUT2D eigenvalue weighted by molar-refractivity contribution is 7.12. The minimum Gasteiger partial charge on any atom is -0.354 e. The largest absolute Gasteiger partial charge is 0.354 e. The summed E-state index contributed by atoms with van der Waals surface area (Å²) in [5.41, 5.74) is 2.01. The number of benzene rings is 1. The first-order valence-corrected chi connectivity index (χ1v) is 7.82. The van der Waals surface area contributed by atoms with E-state index in [1.807, 2.05) is 41.8 Å². The summed E-state index contributed by atoms with van der Waals surface area (Å²) < 4.78 is 0. The van der Waals surface area contributed by atoms with Crippen LogP contribution in [0.15, 0.2) is 41.8 Å². The molecule has 0 aliphatic carbocycles. The van der Waals surface area contributed by atoms with E-state index in [0.29, 0.717) is 26.1 Å². The highest BCUT2D eigenvalue weighted by Crippen LogP contribution is 2.29. The van der Waals surface area contributed by atoms with Gasteiger partial charge in [-0.15, -0.1) is 11.3 Å². The lowest BCUT2D eigenvalue weighted by atomic mass is 10.1. The summed E-state index contributed by atoms with van der Waals surface area (Å²) in [7, 11) is 0. The van der Waals surface area contributed by atoms with Crippen molar-refractivity contribution >= 4 is 23.2 Å². The highest BCUT2D eigenvalue weighted by atomic mass is 32.1. The van der Waals surface area contributed by atoms with Crippen LogP contribution in [0.1, 0.15) is 16.1 Å². The van der Waals surface area contributed by atoms with Crippen LogP contribution in [0.5, 0.6) is 0 Å². The molecular weight excluding hydrogens is 284 g/mol. The molecule has 2 heterocycles. The predicted octanol–water partition coefficient (Wildman–Crippen LogP) is 2.38. The van der Waals surface area contributed by atoms with E-state index in [9.17, 15) is 9.59 Å². The van der Waals surface area contributed by atoms with Crippen LogP contribution >= 0.6 is 11.3 Å². The first-order valence-electron chi connectivity index (χ1n) is 6.94. The molecule has 1 aliphatic rings. The van der Waals surface area contributed by atoms with Crippen molar-refractivity contribution < 1.29 is 9.59 Å². The average Bonchev–Trinajstić information content (AvgIpc) is 2.90. The van der Waals surface area contributed by atoms with Crippen molar-refractivity contribution in [2.24, 2.45) is 0 Å². The zero-order valence-electron chi connectivity index (χ0n) is 11.5. The SMILES string of the molecule is O=C1CCN(C(=O)c2sccc2-c2ccccc2)CCN1. The predicted molar refractivity (Wildman–Crippen MR) is 83.3 cm³/mol. The van der Waals surface area contributed by atoms with Crippen molar-refractivity contribution in [1.29, 1.82) is 0 Å². The van der Waals surface area contributed by atoms with Gasteiger partial charge < -0.3 is 10.2 Å². The van der Waals surface area contributed by atoms with Gasteiger partial charge >= 0.3 is 0 Å². The Morgan fingerprint density at radius 2 is 1.95 bits per heavy atom. The van der Waals surface area contributed by atoms with E-state index < -0.39 is 0 Å². The molecular formula is C16H16N2O2S. The van der Waals surface area contributed by atoms with Crippen molar-refractivity contribution in [3.63, 3.8) is 0 Å². The number of hydrogen-bond donors (Lipinski definition) is 1. The Morgan fingerprint density at radius 1 is 1.14 bits per heavy atom. The fourth-order valence-electron chi connectivity index (χ4n) is 2.43. The van der Waals surface area contributed by atoms with Crippen LogP contribution in [0.2, 0.25) is 0 Å². The van der Waals surface area contributed by atoms with Crippen LogP contribution in [0.4, 0.5) is 0 Å². The molecule has 21 heavy (non-hydrogen) atoms. The van der Waals surface area contributed by atoms with Crippen molar-refractivity contribution in [1.82, 2.24) is 10.2 Å². The molecule has 2 aromatic rings. The molecule has 1 saturated heterocycles. The molecule has 0 radical (unpaired) electrons. The third-order valence-corrected chi connectivity index (χ3v) is 4.45. The first kappa shape index (κ1) is 13.8. The molecule has 1 fully saturated rings. The first-order chi connectivity index (χ1) is 10.3. The summed E-state index contributed by atoms with van der Waals surface area (Å²) in [6, 6.07) is 11.9. The molecule has 0 saturated carbocycles. The second-order valence-corrected chi connectivity index (χ2v) is 5.84. The Morgan fingerprint density at radius 3 is 2.76 bits per heavy atom. The lowest BCUT2D eigenvalue weighted by Crippen LogP contribution is -2.34. The Hall–Kier alpha value is -2.14. The fourth-order valence-corrected chi connectivity index (χ4v) is 3.32. The van der Waals surface area contributed by atoms with Gasteiger partial charge in [0.15, 0.2) is 0 Å². The summed E-state index contributed by atoms with van der Waals surface area (Å²) in [6.45, 7) is 1.57. The van der Waals surface area contributed by atoms with Gasteiger partial charge in [-0.1, -0.05) is 30.3 Å². The number of nitrogens with zero attached hydrogens (tertiary/aromatic N) is 1. The lowest BCUT2D eigenvalue weighted by Gasteiger charge is -2.19. The number of thiophene rings is 1. The number of nitrogens with one attached hydrogen (secondary N) is 1. The molecule has 0 atom stereocenters. The third kappa shape index (κ3) is 2.97. The number of amides is 2. The Bertz CT molecular complexity index is 651. The molecule has 4 nitrogen and oxygen atoms in total. The summed E-state index contributed by atoms with van der Waals surface area (Å²) in [5.74, 6) is 0.0279. The van der Waals surface area contributed by atoms with E-state index in [1.165, 1.54) is 11.3 Å². The van der Waals surface area contributed by atoms with Gasteiger partial charge in [0.1, 0.15) is 0 Å². The smallest absolute Gasteiger partial charge is 0.264 e. The van der Waals surface area contributed by atoms with Gasteiger partial charge in [0, 0.05) is 31.6 Å². The molecule has 2 amide bonds. The molecule has 1 N–H and O–H groups in total. The van der Waals surface area contributed by atoms with E-state index >= 15 is 0 Å².